The van der Waals surface area contributed by atoms with Gasteiger partial charge in [0.25, 0.3) is 0 Å². The van der Waals surface area contributed by atoms with Crippen molar-refractivity contribution < 1.29 is 20.1 Å². The molecular formula is C16H19N5O4. The molecule has 1 saturated heterocycles. The molecule has 0 radical (unpaired) electrons. The maximum absolute atomic E-state index is 10.7. The van der Waals surface area contributed by atoms with Crippen molar-refractivity contribution in [1.29, 1.82) is 0 Å². The monoisotopic (exact) mass is 345 g/mol. The number of rotatable bonds is 2. The first-order valence-corrected chi connectivity index (χ1v) is 8.18. The molecule has 3 heterocycles. The fourth-order valence-corrected chi connectivity index (χ4v) is 3.17. The summed E-state index contributed by atoms with van der Waals surface area (Å²) in [7, 11) is 0. The highest BCUT2D eigenvalue weighted by Gasteiger charge is 2.55. The molecule has 2 aromatic heterocycles. The van der Waals surface area contributed by atoms with Crippen molar-refractivity contribution in [3.63, 3.8) is 0 Å². The average molecular weight is 345 g/mol. The van der Waals surface area contributed by atoms with Gasteiger partial charge in [-0.15, -0.1) is 0 Å². The molecule has 4 atom stereocenters. The zero-order valence-electron chi connectivity index (χ0n) is 13.4. The van der Waals surface area contributed by atoms with Crippen LogP contribution in [0.3, 0.4) is 0 Å². The van der Waals surface area contributed by atoms with Gasteiger partial charge in [-0.1, -0.05) is 12.3 Å². The molecule has 0 spiro atoms. The number of fused-ring (bicyclic) bond motifs is 1. The lowest BCUT2D eigenvalue weighted by Crippen LogP contribution is -2.44. The number of imidazole rings is 1. The van der Waals surface area contributed by atoms with E-state index < -0.39 is 30.6 Å². The normalized spacial score (nSPS) is 32.4. The SMILES string of the molecule is Nc1ncnc2c1ncn2[C@]1(C#CC2CCC2)O[C@H](CO)[C@@H](O)[C@H]1O. The lowest BCUT2D eigenvalue weighted by atomic mass is 9.85. The predicted molar refractivity (Wildman–Crippen MR) is 86.8 cm³/mol. The highest BCUT2D eigenvalue weighted by molar-refractivity contribution is 5.81. The molecule has 1 saturated carbocycles. The first kappa shape index (κ1) is 16.2. The molecule has 2 fully saturated rings. The van der Waals surface area contributed by atoms with E-state index in [1.165, 1.54) is 17.2 Å². The van der Waals surface area contributed by atoms with Gasteiger partial charge in [-0.25, -0.2) is 15.0 Å². The van der Waals surface area contributed by atoms with E-state index in [2.05, 4.69) is 26.8 Å². The van der Waals surface area contributed by atoms with Gasteiger partial charge in [-0.2, -0.15) is 0 Å². The summed E-state index contributed by atoms with van der Waals surface area (Å²) in [5.41, 5.74) is 4.91. The molecule has 9 heteroatoms. The van der Waals surface area contributed by atoms with E-state index in [4.69, 9.17) is 10.5 Å². The quantitative estimate of drug-likeness (QED) is 0.507. The third kappa shape index (κ3) is 2.38. The third-order valence-corrected chi connectivity index (χ3v) is 4.90. The van der Waals surface area contributed by atoms with Crippen molar-refractivity contribution in [2.75, 3.05) is 12.3 Å². The Bertz CT molecular complexity index is 855. The lowest BCUT2D eigenvalue weighted by molar-refractivity contribution is -0.103. The molecule has 1 aliphatic carbocycles. The summed E-state index contributed by atoms with van der Waals surface area (Å²) >= 11 is 0. The van der Waals surface area contributed by atoms with Crippen LogP contribution >= 0.6 is 0 Å². The van der Waals surface area contributed by atoms with Crippen molar-refractivity contribution in [2.45, 2.75) is 43.3 Å². The molecule has 0 unspecified atom stereocenters. The smallest absolute Gasteiger partial charge is 0.241 e. The van der Waals surface area contributed by atoms with Gasteiger partial charge in [-0.3, -0.25) is 4.57 Å². The van der Waals surface area contributed by atoms with Crippen molar-refractivity contribution in [3.05, 3.63) is 12.7 Å². The summed E-state index contributed by atoms with van der Waals surface area (Å²) < 4.78 is 7.29. The number of aliphatic hydroxyl groups excluding tert-OH is 3. The van der Waals surface area contributed by atoms with E-state index in [1.807, 2.05) is 0 Å². The topological polar surface area (TPSA) is 140 Å². The Morgan fingerprint density at radius 1 is 1.32 bits per heavy atom. The number of nitrogens with two attached hydrogens (primary N) is 1. The van der Waals surface area contributed by atoms with Gasteiger partial charge in [0.1, 0.15) is 36.5 Å². The maximum atomic E-state index is 10.7. The van der Waals surface area contributed by atoms with Crippen molar-refractivity contribution in [2.24, 2.45) is 5.92 Å². The minimum Gasteiger partial charge on any atom is -0.394 e. The average Bonchev–Trinajstić information content (AvgIpc) is 3.10. The summed E-state index contributed by atoms with van der Waals surface area (Å²) in [6.07, 6.45) is 2.14. The standard InChI is InChI=1S/C16H19N5O4/c17-14-11-15(19-7-18-14)21(8-20-11)16(5-4-9-2-1-3-9)13(24)12(23)10(6-22)25-16/h7-10,12-13,22-24H,1-3,6H2,(H2,17,18,19)/t10-,12-,13-,16-/m1/s1. The summed E-state index contributed by atoms with van der Waals surface area (Å²) in [5, 5.41) is 30.4. The summed E-state index contributed by atoms with van der Waals surface area (Å²) in [6, 6.07) is 0. The van der Waals surface area contributed by atoms with E-state index in [0.717, 1.165) is 19.3 Å². The Hall–Kier alpha value is -2.25. The second-order valence-corrected chi connectivity index (χ2v) is 6.41. The van der Waals surface area contributed by atoms with Crippen LogP contribution in [-0.2, 0) is 10.5 Å². The van der Waals surface area contributed by atoms with E-state index in [0.29, 0.717) is 11.2 Å². The largest absolute Gasteiger partial charge is 0.394 e. The zero-order valence-corrected chi connectivity index (χ0v) is 13.4. The summed E-state index contributed by atoms with van der Waals surface area (Å²) in [5.74, 6) is 6.52. The van der Waals surface area contributed by atoms with Crippen LogP contribution in [0.1, 0.15) is 19.3 Å². The van der Waals surface area contributed by atoms with Gasteiger partial charge in [0, 0.05) is 5.92 Å². The Kier molecular flexibility index (Phi) is 3.85. The molecule has 25 heavy (non-hydrogen) atoms. The fourth-order valence-electron chi connectivity index (χ4n) is 3.17. The van der Waals surface area contributed by atoms with Gasteiger partial charge in [-0.05, 0) is 18.8 Å². The van der Waals surface area contributed by atoms with Crippen LogP contribution in [0, 0.1) is 17.8 Å². The summed E-state index contributed by atoms with van der Waals surface area (Å²) in [4.78, 5) is 12.3. The van der Waals surface area contributed by atoms with Crippen LogP contribution < -0.4 is 5.73 Å². The fraction of sp³-hybridized carbons (Fsp3) is 0.562. The second kappa shape index (κ2) is 5.93. The van der Waals surface area contributed by atoms with Gasteiger partial charge in [0.2, 0.25) is 5.72 Å². The molecule has 2 aliphatic rings. The molecule has 0 bridgehead atoms. The molecular weight excluding hydrogens is 326 g/mol. The Labute approximate surface area is 143 Å². The number of anilines is 1. The summed E-state index contributed by atoms with van der Waals surface area (Å²) in [6.45, 7) is -0.450. The third-order valence-electron chi connectivity index (χ3n) is 4.90. The Balaban J connectivity index is 1.87. The zero-order chi connectivity index (χ0) is 17.6. The number of aromatic nitrogens is 4. The highest BCUT2D eigenvalue weighted by atomic mass is 16.6. The van der Waals surface area contributed by atoms with Crippen LogP contribution in [-0.4, -0.2) is 59.8 Å². The van der Waals surface area contributed by atoms with E-state index in [9.17, 15) is 15.3 Å². The number of ether oxygens (including phenoxy) is 1. The van der Waals surface area contributed by atoms with Crippen LogP contribution in [0.25, 0.3) is 11.2 Å². The molecule has 9 nitrogen and oxygen atoms in total. The van der Waals surface area contributed by atoms with Gasteiger partial charge in [0.15, 0.2) is 11.5 Å². The van der Waals surface area contributed by atoms with Gasteiger partial charge >= 0.3 is 0 Å². The van der Waals surface area contributed by atoms with Crippen LogP contribution in [0.5, 0.6) is 0 Å². The van der Waals surface area contributed by atoms with Crippen molar-refractivity contribution in [3.8, 4) is 11.8 Å². The van der Waals surface area contributed by atoms with Crippen molar-refractivity contribution >= 4 is 17.0 Å². The first-order chi connectivity index (χ1) is 12.1. The molecule has 0 aromatic carbocycles. The Morgan fingerprint density at radius 2 is 2.12 bits per heavy atom. The van der Waals surface area contributed by atoms with Crippen LogP contribution in [0.2, 0.25) is 0 Å². The number of hydrogen-bond donors (Lipinski definition) is 4. The number of aliphatic hydroxyl groups is 3. The van der Waals surface area contributed by atoms with Crippen LogP contribution in [0.15, 0.2) is 12.7 Å². The number of hydrogen-bond acceptors (Lipinski definition) is 8. The molecule has 2 aromatic rings. The van der Waals surface area contributed by atoms with Crippen molar-refractivity contribution in [1.82, 2.24) is 19.5 Å². The first-order valence-electron chi connectivity index (χ1n) is 8.18. The lowest BCUT2D eigenvalue weighted by Gasteiger charge is -2.29. The van der Waals surface area contributed by atoms with Crippen LogP contribution in [0.4, 0.5) is 5.82 Å². The second-order valence-electron chi connectivity index (χ2n) is 6.41. The Morgan fingerprint density at radius 3 is 2.76 bits per heavy atom. The van der Waals surface area contributed by atoms with Gasteiger partial charge < -0.3 is 25.8 Å². The molecule has 0 amide bonds. The molecule has 132 valence electrons. The number of nitrogens with zero attached hydrogens (tertiary/aromatic N) is 4. The maximum Gasteiger partial charge on any atom is 0.241 e. The molecule has 1 aliphatic heterocycles. The molecule has 4 rings (SSSR count). The van der Waals surface area contributed by atoms with E-state index in [1.54, 1.807) is 0 Å². The predicted octanol–water partition coefficient (Wildman–Crippen LogP) is -1.02. The molecule has 5 N–H and O–H groups in total. The minimum absolute atomic E-state index is 0.192. The minimum atomic E-state index is -1.60. The number of nitrogen functional groups attached to an aromatic ring is 1. The highest BCUT2D eigenvalue weighted by Crippen LogP contribution is 2.38. The van der Waals surface area contributed by atoms with E-state index in [-0.39, 0.29) is 11.7 Å². The van der Waals surface area contributed by atoms with Gasteiger partial charge in [0.05, 0.1) is 6.61 Å². The van der Waals surface area contributed by atoms with E-state index >= 15 is 0 Å².